The van der Waals surface area contributed by atoms with Crippen LogP contribution in [-0.4, -0.2) is 93.3 Å². The lowest BCUT2D eigenvalue weighted by Crippen LogP contribution is -2.55. The Morgan fingerprint density at radius 2 is 1.70 bits per heavy atom. The molecule has 1 aromatic heterocycles. The topological polar surface area (TPSA) is 149 Å². The van der Waals surface area contributed by atoms with E-state index in [1.165, 1.54) is 15.9 Å². The Kier molecular flexibility index (Phi) is 10.2. The molecule has 1 atom stereocenters. The number of aliphatic hydroxyl groups is 1. The predicted molar refractivity (Wildman–Crippen MR) is 146 cm³/mol. The lowest BCUT2D eigenvalue weighted by Gasteiger charge is -2.35. The van der Waals surface area contributed by atoms with E-state index in [9.17, 15) is 24.3 Å². The van der Waals surface area contributed by atoms with E-state index in [0.717, 1.165) is 5.56 Å². The molecule has 0 radical (unpaired) electrons. The lowest BCUT2D eigenvalue weighted by atomic mass is 10.1. The number of carbonyl (C=O) groups excluding carboxylic acids is 3. The zero-order valence-electron chi connectivity index (χ0n) is 22.8. The first kappa shape index (κ1) is 30.1. The van der Waals surface area contributed by atoms with Crippen molar-refractivity contribution in [3.8, 4) is 23.1 Å². The van der Waals surface area contributed by atoms with E-state index in [1.807, 2.05) is 30.3 Å². The molecule has 3 N–H and O–H groups in total. The van der Waals surface area contributed by atoms with Crippen molar-refractivity contribution in [1.29, 1.82) is 0 Å². The van der Waals surface area contributed by atoms with Crippen LogP contribution >= 0.6 is 0 Å². The second kappa shape index (κ2) is 13.6. The van der Waals surface area contributed by atoms with Gasteiger partial charge in [-0.1, -0.05) is 42.2 Å². The van der Waals surface area contributed by atoms with Gasteiger partial charge in [0.15, 0.2) is 0 Å². The van der Waals surface area contributed by atoms with Crippen molar-refractivity contribution in [2.24, 2.45) is 0 Å². The van der Waals surface area contributed by atoms with E-state index >= 15 is 0 Å². The molecular weight excluding hydrogens is 516 g/mol. The van der Waals surface area contributed by atoms with Crippen LogP contribution < -0.4 is 5.32 Å². The van der Waals surface area contributed by atoms with Crippen molar-refractivity contribution in [3.05, 3.63) is 53.7 Å². The highest BCUT2D eigenvalue weighted by Gasteiger charge is 2.31. The van der Waals surface area contributed by atoms with Gasteiger partial charge < -0.3 is 30.1 Å². The molecule has 1 fully saturated rings. The van der Waals surface area contributed by atoms with Crippen LogP contribution in [0.2, 0.25) is 0 Å². The molecule has 0 unspecified atom stereocenters. The highest BCUT2D eigenvalue weighted by Crippen LogP contribution is 2.19. The average Bonchev–Trinajstić information content (AvgIpc) is 2.93. The van der Waals surface area contributed by atoms with Crippen LogP contribution in [0.5, 0.6) is 0 Å². The molecule has 1 aliphatic rings. The van der Waals surface area contributed by atoms with Gasteiger partial charge in [-0.15, -0.1) is 0 Å². The summed E-state index contributed by atoms with van der Waals surface area (Å²) in [5.74, 6) is 3.77. The predicted octanol–water partition coefficient (Wildman–Crippen LogP) is 2.13. The largest absolute Gasteiger partial charge is 0.465 e. The van der Waals surface area contributed by atoms with Gasteiger partial charge in [-0.05, 0) is 39.3 Å². The number of aliphatic hydroxyl groups excluding tert-OH is 1. The number of ether oxygens (including phenoxy) is 1. The number of nitrogens with zero attached hydrogens (tertiary/aromatic N) is 3. The summed E-state index contributed by atoms with van der Waals surface area (Å²) < 4.78 is 5.36. The maximum atomic E-state index is 13.5. The summed E-state index contributed by atoms with van der Waals surface area (Å²) in [4.78, 5) is 57.7. The van der Waals surface area contributed by atoms with E-state index < -0.39 is 35.5 Å². The molecule has 0 aliphatic carbocycles. The number of piperazine rings is 1. The van der Waals surface area contributed by atoms with E-state index in [2.05, 4.69) is 22.1 Å². The van der Waals surface area contributed by atoms with Gasteiger partial charge in [-0.25, -0.2) is 9.78 Å². The van der Waals surface area contributed by atoms with E-state index in [4.69, 9.17) is 9.84 Å². The number of amides is 3. The Hall–Kier alpha value is -4.43. The molecule has 40 heavy (non-hydrogen) atoms. The maximum Gasteiger partial charge on any atom is 0.407 e. The Morgan fingerprint density at radius 3 is 2.30 bits per heavy atom. The first-order valence-corrected chi connectivity index (χ1v) is 12.9. The van der Waals surface area contributed by atoms with Crippen molar-refractivity contribution in [2.75, 3.05) is 32.8 Å². The highest BCUT2D eigenvalue weighted by molar-refractivity contribution is 5.97. The zero-order chi connectivity index (χ0) is 29.3. The molecule has 0 bridgehead atoms. The van der Waals surface area contributed by atoms with Crippen LogP contribution in [0.15, 0.2) is 42.5 Å². The van der Waals surface area contributed by atoms with Crippen LogP contribution in [0, 0.1) is 11.8 Å². The monoisotopic (exact) mass is 550 g/mol. The fourth-order valence-corrected chi connectivity index (χ4v) is 4.10. The third-order valence-electron chi connectivity index (χ3n) is 5.96. The van der Waals surface area contributed by atoms with Gasteiger partial charge in [0, 0.05) is 43.7 Å². The molecule has 0 spiro atoms. The van der Waals surface area contributed by atoms with Gasteiger partial charge in [-0.3, -0.25) is 14.4 Å². The molecule has 2 aromatic rings. The zero-order valence-corrected chi connectivity index (χ0v) is 22.8. The summed E-state index contributed by atoms with van der Waals surface area (Å²) in [6.45, 7) is 5.45. The third kappa shape index (κ3) is 8.81. The van der Waals surface area contributed by atoms with Crippen molar-refractivity contribution in [3.63, 3.8) is 0 Å². The van der Waals surface area contributed by atoms with Crippen molar-refractivity contribution in [1.82, 2.24) is 20.1 Å². The van der Waals surface area contributed by atoms with Crippen LogP contribution in [0.3, 0.4) is 0 Å². The number of carbonyl (C=O) groups is 4. The van der Waals surface area contributed by atoms with Crippen LogP contribution in [-0.2, 0) is 14.3 Å². The van der Waals surface area contributed by atoms with Gasteiger partial charge >= 0.3 is 12.1 Å². The number of pyridine rings is 1. The third-order valence-corrected chi connectivity index (χ3v) is 5.96. The number of esters is 1. The van der Waals surface area contributed by atoms with E-state index in [1.54, 1.807) is 26.8 Å². The highest BCUT2D eigenvalue weighted by atomic mass is 16.6. The minimum absolute atomic E-state index is 0.00866. The Morgan fingerprint density at radius 1 is 1.05 bits per heavy atom. The molecule has 11 nitrogen and oxygen atoms in total. The molecular formula is C29H34N4O7. The number of rotatable bonds is 7. The quantitative estimate of drug-likeness (QED) is 0.351. The first-order chi connectivity index (χ1) is 19.0. The normalized spacial score (nSPS) is 14.0. The van der Waals surface area contributed by atoms with Gasteiger partial charge in [-0.2, -0.15) is 0 Å². The molecule has 1 saturated heterocycles. The van der Waals surface area contributed by atoms with Crippen LogP contribution in [0.4, 0.5) is 4.79 Å². The Labute approximate surface area is 233 Å². The second-order valence-electron chi connectivity index (χ2n) is 10.2. The molecule has 11 heteroatoms. The van der Waals surface area contributed by atoms with E-state index in [0.29, 0.717) is 11.3 Å². The Bertz CT molecular complexity index is 1290. The molecule has 3 amide bonds. The summed E-state index contributed by atoms with van der Waals surface area (Å²) in [5, 5.41) is 21.1. The fraction of sp³-hybridized carbons (Fsp3) is 0.414. The summed E-state index contributed by atoms with van der Waals surface area (Å²) in [5.41, 5.74) is 0.986. The van der Waals surface area contributed by atoms with E-state index in [-0.39, 0.29) is 51.3 Å². The van der Waals surface area contributed by atoms with Gasteiger partial charge in [0.2, 0.25) is 5.91 Å². The lowest BCUT2D eigenvalue weighted by molar-refractivity contribution is -0.155. The summed E-state index contributed by atoms with van der Waals surface area (Å²) >= 11 is 0. The van der Waals surface area contributed by atoms with Crippen LogP contribution in [0.25, 0.3) is 11.3 Å². The van der Waals surface area contributed by atoms with Gasteiger partial charge in [0.1, 0.15) is 23.9 Å². The first-order valence-electron chi connectivity index (χ1n) is 12.9. The summed E-state index contributed by atoms with van der Waals surface area (Å²) in [7, 11) is 0. The fourth-order valence-electron chi connectivity index (χ4n) is 4.10. The SMILES string of the molecule is CC(C)(C)OC(=O)CC[C@H](NC(=O)c1cc(C#CCO)cc(-c2ccccc2)n1)C(=O)N1CCN(C(=O)O)CC1. The van der Waals surface area contributed by atoms with Crippen molar-refractivity contribution < 1.29 is 34.1 Å². The maximum absolute atomic E-state index is 13.5. The van der Waals surface area contributed by atoms with Gasteiger partial charge in [0.25, 0.3) is 5.91 Å². The smallest absolute Gasteiger partial charge is 0.407 e. The molecule has 0 saturated carbocycles. The average molecular weight is 551 g/mol. The molecule has 212 valence electrons. The number of hydrogen-bond acceptors (Lipinski definition) is 7. The second-order valence-corrected chi connectivity index (χ2v) is 10.2. The minimum atomic E-state index is -1.08. The summed E-state index contributed by atoms with van der Waals surface area (Å²) in [6.07, 6.45) is -1.20. The minimum Gasteiger partial charge on any atom is -0.465 e. The Balaban J connectivity index is 1.86. The standard InChI is InChI=1S/C29H34N4O7/c1-29(2,3)40-25(35)12-11-22(27(37)32-13-15-33(16-14-32)28(38)39)31-26(36)24-19-20(8-7-17-34)18-23(30-24)21-9-5-4-6-10-21/h4-6,9-10,18-19,22,34H,11-17H2,1-3H3,(H,31,36)(H,38,39)/t22-/m0/s1. The van der Waals surface area contributed by atoms with Gasteiger partial charge in [0.05, 0.1) is 5.69 Å². The van der Waals surface area contributed by atoms with Crippen molar-refractivity contribution in [2.45, 2.75) is 45.3 Å². The number of aromatic nitrogens is 1. The number of hydrogen-bond donors (Lipinski definition) is 3. The molecule has 1 aromatic carbocycles. The number of benzene rings is 1. The molecule has 2 heterocycles. The molecule has 3 rings (SSSR count). The van der Waals surface area contributed by atoms with Crippen LogP contribution in [0.1, 0.15) is 49.7 Å². The molecule has 1 aliphatic heterocycles. The number of nitrogens with one attached hydrogen (secondary N) is 1. The van der Waals surface area contributed by atoms with Crippen molar-refractivity contribution >= 4 is 23.9 Å². The summed E-state index contributed by atoms with van der Waals surface area (Å²) in [6, 6.07) is 11.3. The number of carboxylic acid groups (broad SMARTS) is 1.